The minimum atomic E-state index is -3.41. The highest BCUT2D eigenvalue weighted by Crippen LogP contribution is 2.11. The van der Waals surface area contributed by atoms with Gasteiger partial charge in [0.05, 0.1) is 11.5 Å². The highest BCUT2D eigenvalue weighted by atomic mass is 35.5. The summed E-state index contributed by atoms with van der Waals surface area (Å²) in [5, 5.41) is 3.31. The lowest BCUT2D eigenvalue weighted by Crippen LogP contribution is -2.44. The monoisotopic (exact) mass is 413 g/mol. The lowest BCUT2D eigenvalue weighted by atomic mass is 10.2. The van der Waals surface area contributed by atoms with Gasteiger partial charge < -0.3 is 15.0 Å². The summed E-state index contributed by atoms with van der Waals surface area (Å²) in [6, 6.07) is 7.00. The van der Waals surface area contributed by atoms with E-state index in [0.29, 0.717) is 18.0 Å². The zero-order valence-electron chi connectivity index (χ0n) is 14.6. The van der Waals surface area contributed by atoms with Gasteiger partial charge in [-0.3, -0.25) is 0 Å². The summed E-state index contributed by atoms with van der Waals surface area (Å²) in [6.45, 7) is 6.14. The molecule has 1 fully saturated rings. The van der Waals surface area contributed by atoms with E-state index in [4.69, 9.17) is 4.74 Å². The number of sulfonamides is 1. The molecule has 1 aliphatic rings. The Morgan fingerprint density at radius 1 is 1.16 bits per heavy atom. The van der Waals surface area contributed by atoms with Crippen molar-refractivity contribution in [2.24, 2.45) is 0 Å². The lowest BCUT2D eigenvalue weighted by molar-refractivity contribution is 0.202. The third kappa shape index (κ3) is 8.68. The molecule has 0 radical (unpaired) electrons. The Hall–Kier alpha value is -0.410. The van der Waals surface area contributed by atoms with Gasteiger partial charge in [0.2, 0.25) is 10.0 Å². The van der Waals surface area contributed by atoms with E-state index in [2.05, 4.69) is 14.9 Å². The molecule has 25 heavy (non-hydrogen) atoms. The number of halogens is 2. The van der Waals surface area contributed by atoms with Gasteiger partial charge in [0, 0.05) is 39.8 Å². The highest BCUT2D eigenvalue weighted by Gasteiger charge is 2.14. The van der Waals surface area contributed by atoms with Crippen LogP contribution in [0.1, 0.15) is 12.0 Å². The predicted molar refractivity (Wildman–Crippen MR) is 106 cm³/mol. The zero-order chi connectivity index (χ0) is 16.5. The minimum absolute atomic E-state index is 0. The van der Waals surface area contributed by atoms with Crippen LogP contribution in [0, 0.1) is 0 Å². The Balaban J connectivity index is 0.00000288. The van der Waals surface area contributed by atoms with Crippen LogP contribution in [-0.2, 0) is 21.2 Å². The topological polar surface area (TPSA) is 70.7 Å². The second-order valence-corrected chi connectivity index (χ2v) is 7.50. The first-order valence-electron chi connectivity index (χ1n) is 8.12. The normalized spacial score (nSPS) is 15.2. The van der Waals surface area contributed by atoms with Crippen LogP contribution in [0.3, 0.4) is 0 Å². The van der Waals surface area contributed by atoms with Gasteiger partial charge in [-0.2, -0.15) is 0 Å². The van der Waals surface area contributed by atoms with Crippen LogP contribution < -0.4 is 10.0 Å². The first kappa shape index (κ1) is 24.6. The van der Waals surface area contributed by atoms with Crippen molar-refractivity contribution < 1.29 is 13.2 Å². The van der Waals surface area contributed by atoms with Crippen LogP contribution in [-0.4, -0.2) is 66.3 Å². The molecule has 0 spiro atoms. The van der Waals surface area contributed by atoms with E-state index >= 15 is 0 Å². The number of piperazine rings is 1. The summed E-state index contributed by atoms with van der Waals surface area (Å²) in [4.78, 5) is 2.68. The zero-order valence-corrected chi connectivity index (χ0v) is 17.0. The summed E-state index contributed by atoms with van der Waals surface area (Å²) in [5.74, 6) is 0. The predicted octanol–water partition coefficient (Wildman–Crippen LogP) is 1.29. The maximum atomic E-state index is 12.2. The van der Waals surface area contributed by atoms with E-state index in [0.717, 1.165) is 51.1 Å². The molecule has 2 rings (SSSR count). The average Bonchev–Trinajstić information content (AvgIpc) is 2.58. The van der Waals surface area contributed by atoms with Gasteiger partial charge in [0.15, 0.2) is 0 Å². The number of hydrogen-bond acceptors (Lipinski definition) is 5. The fourth-order valence-electron chi connectivity index (χ4n) is 2.58. The molecule has 6 nitrogen and oxygen atoms in total. The van der Waals surface area contributed by atoms with Crippen molar-refractivity contribution in [3.05, 3.63) is 29.8 Å². The van der Waals surface area contributed by atoms with Crippen molar-refractivity contribution in [3.63, 3.8) is 0 Å². The van der Waals surface area contributed by atoms with Crippen LogP contribution in [0.2, 0.25) is 0 Å². The van der Waals surface area contributed by atoms with E-state index < -0.39 is 10.0 Å². The smallest absolute Gasteiger partial charge is 0.240 e. The van der Waals surface area contributed by atoms with Crippen molar-refractivity contribution in [1.82, 2.24) is 14.9 Å². The fraction of sp³-hybridized carbons (Fsp3) is 0.625. The van der Waals surface area contributed by atoms with Crippen LogP contribution in [0.15, 0.2) is 29.2 Å². The van der Waals surface area contributed by atoms with Gasteiger partial charge in [0.1, 0.15) is 0 Å². The molecule has 146 valence electrons. The van der Waals surface area contributed by atoms with Gasteiger partial charge >= 0.3 is 0 Å². The van der Waals surface area contributed by atoms with Gasteiger partial charge in [-0.15, -0.1) is 24.8 Å². The largest absolute Gasteiger partial charge is 0.384 e. The van der Waals surface area contributed by atoms with E-state index in [1.807, 2.05) is 12.1 Å². The van der Waals surface area contributed by atoms with E-state index in [1.165, 1.54) is 0 Å². The molecule has 1 heterocycles. The maximum Gasteiger partial charge on any atom is 0.240 e. The molecule has 0 bridgehead atoms. The van der Waals surface area contributed by atoms with Crippen molar-refractivity contribution in [1.29, 1.82) is 0 Å². The molecular weight excluding hydrogens is 385 g/mol. The molecule has 1 aliphatic heterocycles. The van der Waals surface area contributed by atoms with Crippen LogP contribution in [0.25, 0.3) is 0 Å². The Kier molecular flexibility index (Phi) is 12.7. The number of nitrogens with zero attached hydrogens (tertiary/aromatic N) is 1. The number of benzene rings is 1. The quantitative estimate of drug-likeness (QED) is 0.596. The molecule has 0 saturated carbocycles. The van der Waals surface area contributed by atoms with Crippen LogP contribution in [0.5, 0.6) is 0 Å². The minimum Gasteiger partial charge on any atom is -0.384 e. The van der Waals surface area contributed by atoms with Crippen LogP contribution >= 0.6 is 24.8 Å². The first-order valence-corrected chi connectivity index (χ1v) is 9.61. The third-order valence-corrected chi connectivity index (χ3v) is 5.46. The van der Waals surface area contributed by atoms with E-state index in [9.17, 15) is 8.42 Å². The average molecular weight is 414 g/mol. The number of methoxy groups -OCH3 is 1. The standard InChI is InChI=1S/C16H27N3O3S.2ClH/c1-22-14-7-15-3-5-16(6-4-15)23(20,21)18-8-2-11-19-12-9-17-10-13-19;;/h3-6,17-18H,2,7-14H2,1H3;2*1H. The second-order valence-electron chi connectivity index (χ2n) is 5.73. The molecule has 2 N–H and O–H groups in total. The van der Waals surface area contributed by atoms with Gasteiger partial charge in [-0.05, 0) is 37.1 Å². The SMILES string of the molecule is COCCc1ccc(S(=O)(=O)NCCCN2CCNCC2)cc1.Cl.Cl. The number of rotatable bonds is 9. The fourth-order valence-corrected chi connectivity index (χ4v) is 3.66. The summed E-state index contributed by atoms with van der Waals surface area (Å²) in [5.41, 5.74) is 1.07. The molecule has 0 unspecified atom stereocenters. The first-order chi connectivity index (χ1) is 11.1. The van der Waals surface area contributed by atoms with Gasteiger partial charge in [0.25, 0.3) is 0 Å². The number of nitrogens with one attached hydrogen (secondary N) is 2. The molecule has 1 aromatic rings. The molecule has 0 aliphatic carbocycles. The van der Waals surface area contributed by atoms with Crippen LogP contribution in [0.4, 0.5) is 0 Å². The Bertz CT molecular complexity index is 564. The molecule has 9 heteroatoms. The molecule has 1 aromatic carbocycles. The van der Waals surface area contributed by atoms with E-state index in [1.54, 1.807) is 19.2 Å². The summed E-state index contributed by atoms with van der Waals surface area (Å²) < 4.78 is 32.2. The van der Waals surface area contributed by atoms with Crippen molar-refractivity contribution in [3.8, 4) is 0 Å². The third-order valence-electron chi connectivity index (χ3n) is 3.98. The van der Waals surface area contributed by atoms with Gasteiger partial charge in [-0.1, -0.05) is 12.1 Å². The number of ether oxygens (including phenoxy) is 1. The highest BCUT2D eigenvalue weighted by molar-refractivity contribution is 7.89. The van der Waals surface area contributed by atoms with E-state index in [-0.39, 0.29) is 24.8 Å². The molecular formula is C16H29Cl2N3O3S. The number of hydrogen-bond donors (Lipinski definition) is 2. The molecule has 0 atom stereocenters. The summed E-state index contributed by atoms with van der Waals surface area (Å²) in [6.07, 6.45) is 1.61. The van der Waals surface area contributed by atoms with Crippen molar-refractivity contribution in [2.75, 3.05) is 53.0 Å². The molecule has 1 saturated heterocycles. The van der Waals surface area contributed by atoms with Gasteiger partial charge in [-0.25, -0.2) is 13.1 Å². The Morgan fingerprint density at radius 2 is 1.80 bits per heavy atom. The summed E-state index contributed by atoms with van der Waals surface area (Å²) >= 11 is 0. The van der Waals surface area contributed by atoms with Crippen molar-refractivity contribution in [2.45, 2.75) is 17.7 Å². The summed E-state index contributed by atoms with van der Waals surface area (Å²) in [7, 11) is -1.76. The molecule has 0 aromatic heterocycles. The Morgan fingerprint density at radius 3 is 2.40 bits per heavy atom. The lowest BCUT2D eigenvalue weighted by Gasteiger charge is -2.27. The maximum absolute atomic E-state index is 12.2. The second kappa shape index (κ2) is 12.9. The van der Waals surface area contributed by atoms with Crippen molar-refractivity contribution >= 4 is 34.8 Å². The Labute approximate surface area is 163 Å². The molecule has 0 amide bonds.